The average molecular weight is 514 g/mol. The molecule has 0 fully saturated rings. The lowest BCUT2D eigenvalue weighted by molar-refractivity contribution is 0.0948. The third-order valence-corrected chi connectivity index (χ3v) is 6.61. The molecule has 0 spiro atoms. The molecular formula is C28H24ClN5O3. The molecule has 0 bridgehead atoms. The number of ether oxygens (including phenoxy) is 1. The minimum absolute atomic E-state index is 0.0233. The van der Waals surface area contributed by atoms with Gasteiger partial charge < -0.3 is 14.6 Å². The summed E-state index contributed by atoms with van der Waals surface area (Å²) in [7, 11) is 1.61. The Hall–Kier alpha value is -4.43. The number of nitrogens with zero attached hydrogens (tertiary/aromatic N) is 3. The van der Waals surface area contributed by atoms with E-state index in [1.165, 1.54) is 10.5 Å². The van der Waals surface area contributed by atoms with Gasteiger partial charge in [-0.15, -0.1) is 0 Å². The van der Waals surface area contributed by atoms with Gasteiger partial charge in [-0.3, -0.25) is 19.4 Å². The smallest absolute Gasteiger partial charge is 0.267 e. The van der Waals surface area contributed by atoms with E-state index >= 15 is 0 Å². The molecule has 0 saturated carbocycles. The zero-order valence-electron chi connectivity index (χ0n) is 20.1. The summed E-state index contributed by atoms with van der Waals surface area (Å²) in [6.07, 6.45) is 2.20. The molecular weight excluding hydrogens is 490 g/mol. The number of methoxy groups -OCH3 is 1. The van der Waals surface area contributed by atoms with Crippen molar-refractivity contribution >= 4 is 34.2 Å². The van der Waals surface area contributed by atoms with Crippen LogP contribution < -0.4 is 21.1 Å². The highest BCUT2D eigenvalue weighted by molar-refractivity contribution is 6.31. The number of hydrogen-bond donors (Lipinski definition) is 2. The SMILES string of the molecule is COc1ccc(CCn2c(=N)c(C(=O)NCc3ccccc3Cl)cc3c(=O)n4ccccc4nc32)cc1. The lowest BCUT2D eigenvalue weighted by Crippen LogP contribution is -2.35. The predicted molar refractivity (Wildman–Crippen MR) is 142 cm³/mol. The van der Waals surface area contributed by atoms with E-state index in [0.29, 0.717) is 29.3 Å². The first-order chi connectivity index (χ1) is 18.0. The third-order valence-electron chi connectivity index (χ3n) is 6.24. The Kier molecular flexibility index (Phi) is 6.74. The fourth-order valence-electron chi connectivity index (χ4n) is 4.22. The summed E-state index contributed by atoms with van der Waals surface area (Å²) in [5.41, 5.74) is 2.36. The van der Waals surface area contributed by atoms with Gasteiger partial charge in [0.1, 0.15) is 22.5 Å². The molecule has 0 unspecified atom stereocenters. The number of nitrogens with one attached hydrogen (secondary N) is 2. The molecule has 0 radical (unpaired) electrons. The van der Waals surface area contributed by atoms with Crippen LogP contribution in [0.5, 0.6) is 5.75 Å². The number of pyridine rings is 2. The molecule has 0 atom stereocenters. The van der Waals surface area contributed by atoms with Gasteiger partial charge in [0.15, 0.2) is 0 Å². The van der Waals surface area contributed by atoms with Crippen LogP contribution in [0.2, 0.25) is 5.02 Å². The Morgan fingerprint density at radius 2 is 1.84 bits per heavy atom. The van der Waals surface area contributed by atoms with Crippen LogP contribution in [0.15, 0.2) is 83.8 Å². The summed E-state index contributed by atoms with van der Waals surface area (Å²) in [5.74, 6) is 0.281. The summed E-state index contributed by atoms with van der Waals surface area (Å²) in [6.45, 7) is 0.541. The number of carbonyl (C=O) groups excluding carboxylic acids is 1. The summed E-state index contributed by atoms with van der Waals surface area (Å²) in [4.78, 5) is 31.3. The fraction of sp³-hybridized carbons (Fsp3) is 0.143. The number of aryl methyl sites for hydroxylation is 2. The van der Waals surface area contributed by atoms with E-state index in [1.54, 1.807) is 42.1 Å². The van der Waals surface area contributed by atoms with Crippen molar-refractivity contribution in [3.8, 4) is 5.75 Å². The van der Waals surface area contributed by atoms with E-state index in [4.69, 9.17) is 21.7 Å². The summed E-state index contributed by atoms with van der Waals surface area (Å²) in [6, 6.07) is 21.6. The number of halogens is 1. The molecule has 186 valence electrons. The van der Waals surface area contributed by atoms with Crippen LogP contribution in [-0.2, 0) is 19.5 Å². The van der Waals surface area contributed by atoms with Gasteiger partial charge >= 0.3 is 0 Å². The van der Waals surface area contributed by atoms with E-state index in [0.717, 1.165) is 16.9 Å². The minimum atomic E-state index is -0.470. The maximum absolute atomic E-state index is 13.4. The largest absolute Gasteiger partial charge is 0.497 e. The van der Waals surface area contributed by atoms with Crippen LogP contribution in [0.1, 0.15) is 21.5 Å². The van der Waals surface area contributed by atoms with Crippen molar-refractivity contribution in [3.05, 3.63) is 117 Å². The number of hydrogen-bond acceptors (Lipinski definition) is 5. The van der Waals surface area contributed by atoms with Crippen LogP contribution in [-0.4, -0.2) is 27.0 Å². The Morgan fingerprint density at radius 1 is 1.08 bits per heavy atom. The zero-order valence-corrected chi connectivity index (χ0v) is 20.8. The van der Waals surface area contributed by atoms with Crippen molar-refractivity contribution < 1.29 is 9.53 Å². The van der Waals surface area contributed by atoms with Crippen LogP contribution in [0.25, 0.3) is 16.7 Å². The highest BCUT2D eigenvalue weighted by Crippen LogP contribution is 2.16. The van der Waals surface area contributed by atoms with Crippen LogP contribution >= 0.6 is 11.6 Å². The summed E-state index contributed by atoms with van der Waals surface area (Å²) >= 11 is 6.23. The van der Waals surface area contributed by atoms with Crippen molar-refractivity contribution in [1.29, 1.82) is 5.41 Å². The normalized spacial score (nSPS) is 11.1. The van der Waals surface area contributed by atoms with E-state index in [-0.39, 0.29) is 28.5 Å². The van der Waals surface area contributed by atoms with Gasteiger partial charge in [0, 0.05) is 24.3 Å². The first-order valence-electron chi connectivity index (χ1n) is 11.7. The standard InChI is InChI=1S/C28H24ClN5O3/c1-37-20-11-9-18(10-12-20)13-15-34-25(30)21(27(35)31-17-19-6-2-3-7-23(19)29)16-22-26(34)32-24-8-4-5-14-33(24)28(22)36/h2-12,14,16,30H,13,15,17H2,1H3,(H,31,35). The number of aromatic nitrogens is 3. The quantitative estimate of drug-likeness (QED) is 0.322. The van der Waals surface area contributed by atoms with Crippen LogP contribution in [0.3, 0.4) is 0 Å². The lowest BCUT2D eigenvalue weighted by Gasteiger charge is -2.15. The number of carbonyl (C=O) groups is 1. The van der Waals surface area contributed by atoms with Crippen molar-refractivity contribution in [3.63, 3.8) is 0 Å². The highest BCUT2D eigenvalue weighted by atomic mass is 35.5. The van der Waals surface area contributed by atoms with Gasteiger partial charge in [0.2, 0.25) is 0 Å². The van der Waals surface area contributed by atoms with Crippen molar-refractivity contribution in [2.45, 2.75) is 19.5 Å². The molecule has 0 aliphatic rings. The molecule has 9 heteroatoms. The van der Waals surface area contributed by atoms with Gasteiger partial charge in [0.05, 0.1) is 18.1 Å². The second-order valence-corrected chi connectivity index (χ2v) is 8.92. The monoisotopic (exact) mass is 513 g/mol. The second-order valence-electron chi connectivity index (χ2n) is 8.51. The van der Waals surface area contributed by atoms with Crippen molar-refractivity contribution in [1.82, 2.24) is 19.3 Å². The molecule has 2 aromatic carbocycles. The fourth-order valence-corrected chi connectivity index (χ4v) is 4.43. The van der Waals surface area contributed by atoms with Gasteiger partial charge in [0.25, 0.3) is 11.5 Å². The Morgan fingerprint density at radius 3 is 2.59 bits per heavy atom. The molecule has 1 amide bonds. The van der Waals surface area contributed by atoms with Gasteiger partial charge in [-0.2, -0.15) is 0 Å². The van der Waals surface area contributed by atoms with E-state index in [9.17, 15) is 9.59 Å². The molecule has 8 nitrogen and oxygen atoms in total. The molecule has 5 rings (SSSR count). The molecule has 0 aliphatic carbocycles. The average Bonchev–Trinajstić information content (AvgIpc) is 2.92. The lowest BCUT2D eigenvalue weighted by atomic mass is 10.1. The van der Waals surface area contributed by atoms with Gasteiger partial charge in [-0.25, -0.2) is 4.98 Å². The second kappa shape index (κ2) is 10.3. The third kappa shape index (κ3) is 4.83. The predicted octanol–water partition coefficient (Wildman–Crippen LogP) is 3.96. The maximum Gasteiger partial charge on any atom is 0.267 e. The molecule has 0 aliphatic heterocycles. The molecule has 3 aromatic heterocycles. The minimum Gasteiger partial charge on any atom is -0.497 e. The molecule has 3 heterocycles. The number of fused-ring (bicyclic) bond motifs is 2. The maximum atomic E-state index is 13.4. The van der Waals surface area contributed by atoms with Crippen molar-refractivity contribution in [2.75, 3.05) is 7.11 Å². The number of rotatable bonds is 7. The van der Waals surface area contributed by atoms with E-state index < -0.39 is 5.91 Å². The van der Waals surface area contributed by atoms with Gasteiger partial charge in [-0.05, 0) is 53.9 Å². The molecule has 5 aromatic rings. The van der Waals surface area contributed by atoms with Crippen LogP contribution in [0.4, 0.5) is 0 Å². The number of benzene rings is 2. The first kappa shape index (κ1) is 24.3. The Bertz CT molecular complexity index is 1740. The van der Waals surface area contributed by atoms with Gasteiger partial charge in [-0.1, -0.05) is 48.0 Å². The number of amides is 1. The van der Waals surface area contributed by atoms with Crippen LogP contribution in [0, 0.1) is 5.41 Å². The van der Waals surface area contributed by atoms with E-state index in [1.807, 2.05) is 42.5 Å². The van der Waals surface area contributed by atoms with E-state index in [2.05, 4.69) is 10.3 Å². The topological polar surface area (TPSA) is 101 Å². The molecule has 37 heavy (non-hydrogen) atoms. The zero-order chi connectivity index (χ0) is 25.9. The highest BCUT2D eigenvalue weighted by Gasteiger charge is 2.18. The summed E-state index contributed by atoms with van der Waals surface area (Å²) < 4.78 is 8.29. The Labute approximate surface area is 217 Å². The first-order valence-corrected chi connectivity index (χ1v) is 12.1. The summed E-state index contributed by atoms with van der Waals surface area (Å²) in [5, 5.41) is 12.5. The Balaban J connectivity index is 1.58. The molecule has 2 N–H and O–H groups in total. The molecule has 0 saturated heterocycles. The van der Waals surface area contributed by atoms with Crippen molar-refractivity contribution in [2.24, 2.45) is 0 Å².